The van der Waals surface area contributed by atoms with Gasteiger partial charge in [0.1, 0.15) is 5.75 Å². The molecule has 2 aliphatic rings. The van der Waals surface area contributed by atoms with Crippen molar-refractivity contribution < 1.29 is 22.7 Å². The maximum Gasteiger partial charge on any atom is 0.259 e. The van der Waals surface area contributed by atoms with Crippen LogP contribution in [0.5, 0.6) is 5.75 Å². The zero-order valence-corrected chi connectivity index (χ0v) is 18.6. The van der Waals surface area contributed by atoms with Gasteiger partial charge in [-0.3, -0.25) is 9.59 Å². The van der Waals surface area contributed by atoms with E-state index >= 15 is 0 Å². The summed E-state index contributed by atoms with van der Waals surface area (Å²) in [5.41, 5.74) is 1.65. The van der Waals surface area contributed by atoms with E-state index in [2.05, 4.69) is 15.0 Å². The number of fused-ring (bicyclic) bond motifs is 1. The van der Waals surface area contributed by atoms with E-state index < -0.39 is 15.9 Å². The molecule has 2 amide bonds. The summed E-state index contributed by atoms with van der Waals surface area (Å²) >= 11 is 0. The first-order chi connectivity index (χ1) is 15.8. The lowest BCUT2D eigenvalue weighted by Gasteiger charge is -2.28. The summed E-state index contributed by atoms with van der Waals surface area (Å²) in [4.78, 5) is 26.9. The average Bonchev–Trinajstić information content (AvgIpc) is 2.80. The highest BCUT2D eigenvalue weighted by molar-refractivity contribution is 7.90. The number of nitrogens with zero attached hydrogens (tertiary/aromatic N) is 2. The number of nitrogens with one attached hydrogen (secondary N) is 2. The smallest absolute Gasteiger partial charge is 0.259 e. The number of hydrogen-bond donors (Lipinski definition) is 2. The minimum absolute atomic E-state index is 0.101. The minimum Gasteiger partial charge on any atom is -0.494 e. The fourth-order valence-electron chi connectivity index (χ4n) is 3.30. The first-order valence-corrected chi connectivity index (χ1v) is 11.9. The molecule has 0 spiro atoms. The largest absolute Gasteiger partial charge is 0.494 e. The van der Waals surface area contributed by atoms with Crippen LogP contribution in [0.4, 0.5) is 11.4 Å². The van der Waals surface area contributed by atoms with Gasteiger partial charge in [-0.05, 0) is 67.6 Å². The lowest BCUT2D eigenvalue weighted by Crippen LogP contribution is -2.40. The fourth-order valence-corrected chi connectivity index (χ4v) is 4.29. The number of rotatable bonds is 6. The van der Waals surface area contributed by atoms with Gasteiger partial charge in [0.2, 0.25) is 0 Å². The highest BCUT2D eigenvalue weighted by atomic mass is 32.2. The van der Waals surface area contributed by atoms with E-state index in [1.165, 1.54) is 6.08 Å². The summed E-state index contributed by atoms with van der Waals surface area (Å²) in [5.74, 6) is -0.0660. The summed E-state index contributed by atoms with van der Waals surface area (Å²) in [6, 6.07) is 13.4. The van der Waals surface area contributed by atoms with E-state index in [1.807, 2.05) is 6.92 Å². The van der Waals surface area contributed by atoms with Crippen LogP contribution in [0.2, 0.25) is 0 Å². The van der Waals surface area contributed by atoms with E-state index in [9.17, 15) is 18.0 Å². The molecule has 2 aromatic rings. The Morgan fingerprint density at radius 1 is 1.00 bits per heavy atom. The predicted octanol–water partition coefficient (Wildman–Crippen LogP) is 2.77. The molecule has 33 heavy (non-hydrogen) atoms. The molecule has 0 atom stereocenters. The predicted molar refractivity (Wildman–Crippen MR) is 126 cm³/mol. The van der Waals surface area contributed by atoms with Crippen molar-refractivity contribution in [3.63, 3.8) is 0 Å². The van der Waals surface area contributed by atoms with Gasteiger partial charge in [-0.1, -0.05) is 0 Å². The number of anilines is 2. The molecule has 2 N–H and O–H groups in total. The summed E-state index contributed by atoms with van der Waals surface area (Å²) < 4.78 is 32.9. The average molecular weight is 467 g/mol. The first-order valence-electron chi connectivity index (χ1n) is 10.3. The summed E-state index contributed by atoms with van der Waals surface area (Å²) in [6.45, 7) is 2.70. The quantitative estimate of drug-likeness (QED) is 0.676. The minimum atomic E-state index is -3.60. The van der Waals surface area contributed by atoms with Gasteiger partial charge in [-0.2, -0.15) is 0 Å². The van der Waals surface area contributed by atoms with E-state index in [0.29, 0.717) is 23.5 Å². The summed E-state index contributed by atoms with van der Waals surface area (Å²) in [6.07, 6.45) is 4.87. The van der Waals surface area contributed by atoms with Gasteiger partial charge >= 0.3 is 0 Å². The number of hydrogen-bond acceptors (Lipinski definition) is 6. The second-order valence-electron chi connectivity index (χ2n) is 7.26. The molecule has 0 aliphatic carbocycles. The molecule has 2 aliphatic heterocycles. The third-order valence-corrected chi connectivity index (χ3v) is 6.08. The Bertz CT molecular complexity index is 1260. The van der Waals surface area contributed by atoms with E-state index in [4.69, 9.17) is 4.74 Å². The summed E-state index contributed by atoms with van der Waals surface area (Å²) in [7, 11) is -3.60. The van der Waals surface area contributed by atoms with Crippen molar-refractivity contribution in [2.45, 2.75) is 6.92 Å². The molecule has 10 heteroatoms. The zero-order chi connectivity index (χ0) is 23.4. The Morgan fingerprint density at radius 3 is 2.30 bits per heavy atom. The third-order valence-electron chi connectivity index (χ3n) is 4.93. The van der Waals surface area contributed by atoms with Gasteiger partial charge in [-0.15, -0.1) is 4.40 Å². The molecule has 0 aromatic heterocycles. The van der Waals surface area contributed by atoms with Crippen molar-refractivity contribution in [3.05, 3.63) is 78.0 Å². The second kappa shape index (κ2) is 9.29. The number of amidine groups is 1. The van der Waals surface area contributed by atoms with Gasteiger partial charge in [0.25, 0.3) is 21.8 Å². The van der Waals surface area contributed by atoms with Crippen molar-refractivity contribution >= 4 is 39.0 Å². The van der Waals surface area contributed by atoms with Crippen molar-refractivity contribution in [1.82, 2.24) is 4.90 Å². The van der Waals surface area contributed by atoms with E-state index in [1.54, 1.807) is 65.7 Å². The lowest BCUT2D eigenvalue weighted by atomic mass is 10.1. The van der Waals surface area contributed by atoms with Crippen LogP contribution in [0.3, 0.4) is 0 Å². The van der Waals surface area contributed by atoms with E-state index in [0.717, 1.165) is 5.75 Å². The zero-order valence-electron chi connectivity index (χ0n) is 17.8. The Kier molecular flexibility index (Phi) is 6.27. The highest BCUT2D eigenvalue weighted by Gasteiger charge is 2.30. The Labute approximate surface area is 191 Å². The second-order valence-corrected chi connectivity index (χ2v) is 9.01. The molecule has 2 heterocycles. The number of ether oxygens (including phenoxy) is 1. The Morgan fingerprint density at radius 2 is 1.64 bits per heavy atom. The van der Waals surface area contributed by atoms with Crippen LogP contribution in [0.25, 0.3) is 0 Å². The number of sulfonamides is 1. The number of allylic oxidation sites excluding steroid dienone is 2. The highest BCUT2D eigenvalue weighted by Crippen LogP contribution is 2.20. The summed E-state index contributed by atoms with van der Waals surface area (Å²) in [5, 5.41) is 5.52. The molecule has 0 bridgehead atoms. The van der Waals surface area contributed by atoms with Gasteiger partial charge in [0, 0.05) is 29.7 Å². The molecule has 0 radical (unpaired) electrons. The number of amides is 2. The SMILES string of the molecule is CCOc1ccc(NC(=O)c2ccc(NC(=O)C3=CC=CN4CCS(=O)(=O)N=C34)cc2)cc1. The first kappa shape index (κ1) is 22.3. The normalized spacial score (nSPS) is 16.2. The lowest BCUT2D eigenvalue weighted by molar-refractivity contribution is -0.112. The van der Waals surface area contributed by atoms with Crippen LogP contribution >= 0.6 is 0 Å². The van der Waals surface area contributed by atoms with Crippen LogP contribution in [0.15, 0.2) is 76.9 Å². The molecular weight excluding hydrogens is 444 g/mol. The Hall–Kier alpha value is -3.92. The third kappa shape index (κ3) is 5.29. The number of carbonyl (C=O) groups excluding carboxylic acids is 2. The molecule has 2 aromatic carbocycles. The van der Waals surface area contributed by atoms with Crippen LogP contribution in [-0.4, -0.2) is 49.9 Å². The monoisotopic (exact) mass is 466 g/mol. The molecule has 0 fully saturated rings. The molecule has 9 nitrogen and oxygen atoms in total. The Balaban J connectivity index is 1.41. The van der Waals surface area contributed by atoms with Crippen molar-refractivity contribution in [3.8, 4) is 5.75 Å². The number of benzene rings is 2. The van der Waals surface area contributed by atoms with Crippen molar-refractivity contribution in [2.24, 2.45) is 4.40 Å². The van der Waals surface area contributed by atoms with Crippen LogP contribution in [0.1, 0.15) is 17.3 Å². The molecular formula is C23H22N4O5S. The maximum absolute atomic E-state index is 12.8. The van der Waals surface area contributed by atoms with Crippen molar-refractivity contribution in [2.75, 3.05) is 29.5 Å². The van der Waals surface area contributed by atoms with E-state index in [-0.39, 0.29) is 29.6 Å². The molecule has 0 unspecified atom stereocenters. The molecule has 0 saturated carbocycles. The molecule has 170 valence electrons. The molecule has 0 saturated heterocycles. The molecule has 4 rings (SSSR count). The standard InChI is InChI=1S/C23H22N4O5S/c1-2-32-19-11-9-18(10-12-19)24-22(28)16-5-7-17(8-6-16)25-23(29)20-4-3-13-27-14-15-33(30,31)26-21(20)27/h3-13H,2,14-15H2,1H3,(H,24,28)(H,25,29). The van der Waals surface area contributed by atoms with Crippen LogP contribution in [-0.2, 0) is 14.8 Å². The van der Waals surface area contributed by atoms with Gasteiger partial charge in [-0.25, -0.2) is 8.42 Å². The number of carbonyl (C=O) groups is 2. The van der Waals surface area contributed by atoms with Gasteiger partial charge in [0.15, 0.2) is 5.84 Å². The van der Waals surface area contributed by atoms with Gasteiger partial charge in [0.05, 0.1) is 17.9 Å². The van der Waals surface area contributed by atoms with Crippen LogP contribution < -0.4 is 15.4 Å². The van der Waals surface area contributed by atoms with Gasteiger partial charge < -0.3 is 20.3 Å². The van der Waals surface area contributed by atoms with Crippen molar-refractivity contribution in [1.29, 1.82) is 0 Å². The maximum atomic E-state index is 12.8. The van der Waals surface area contributed by atoms with Crippen LogP contribution in [0, 0.1) is 0 Å². The fraction of sp³-hybridized carbons (Fsp3) is 0.174. The topological polar surface area (TPSA) is 117 Å².